The summed E-state index contributed by atoms with van der Waals surface area (Å²) in [6, 6.07) is 6.81. The van der Waals surface area contributed by atoms with Crippen molar-refractivity contribution in [1.29, 1.82) is 0 Å². The van der Waals surface area contributed by atoms with E-state index in [0.717, 1.165) is 19.3 Å². The second kappa shape index (κ2) is 7.46. The predicted octanol–water partition coefficient (Wildman–Crippen LogP) is 3.19. The van der Waals surface area contributed by atoms with Gasteiger partial charge >= 0.3 is 5.97 Å². The number of halogens is 1. The minimum atomic E-state index is -0.576. The molecule has 1 aliphatic rings. The van der Waals surface area contributed by atoms with Crippen molar-refractivity contribution in [2.75, 3.05) is 6.61 Å². The van der Waals surface area contributed by atoms with Crippen LogP contribution in [0.25, 0.3) is 0 Å². The Bertz CT molecular complexity index is 518. The third-order valence-electron chi connectivity index (χ3n) is 3.89. The normalized spacial score (nSPS) is 21.6. The maximum atomic E-state index is 11.9. The molecule has 0 saturated heterocycles. The molecule has 2 unspecified atom stereocenters. The molecule has 1 N–H and O–H groups in total. The van der Waals surface area contributed by atoms with E-state index in [2.05, 4.69) is 12.2 Å². The van der Waals surface area contributed by atoms with Crippen LogP contribution < -0.4 is 5.32 Å². The number of nitrogens with one attached hydrogen (secondary N) is 1. The monoisotopic (exact) mass is 309 g/mol. The van der Waals surface area contributed by atoms with Crippen LogP contribution in [0.3, 0.4) is 0 Å². The summed E-state index contributed by atoms with van der Waals surface area (Å²) in [6.07, 6.45) is 4.47. The van der Waals surface area contributed by atoms with Gasteiger partial charge in [0.05, 0.1) is 10.6 Å². The first-order chi connectivity index (χ1) is 10.1. The van der Waals surface area contributed by atoms with Gasteiger partial charge in [0.2, 0.25) is 0 Å². The lowest BCUT2D eigenvalue weighted by Gasteiger charge is -2.29. The number of hydrogen-bond acceptors (Lipinski definition) is 3. The zero-order chi connectivity index (χ0) is 15.2. The van der Waals surface area contributed by atoms with Gasteiger partial charge in [-0.15, -0.1) is 0 Å². The van der Waals surface area contributed by atoms with Gasteiger partial charge in [0.15, 0.2) is 6.61 Å². The Hall–Kier alpha value is -1.55. The molecule has 1 aromatic carbocycles. The van der Waals surface area contributed by atoms with Crippen LogP contribution in [0.2, 0.25) is 5.02 Å². The summed E-state index contributed by atoms with van der Waals surface area (Å²) in [5.74, 6) is -0.358. The lowest BCUT2D eigenvalue weighted by atomic mass is 9.86. The first-order valence-electron chi connectivity index (χ1n) is 7.29. The molecule has 114 valence electrons. The standard InChI is InChI=1S/C16H20ClNO3/c1-11-6-2-5-9-14(11)18-15(19)10-21-16(20)12-7-3-4-8-13(12)17/h3-4,7-8,11,14H,2,5-6,9-10H2,1H3,(H,18,19). The van der Waals surface area contributed by atoms with Gasteiger partial charge in [-0.05, 0) is 30.9 Å². The number of benzene rings is 1. The molecule has 0 spiro atoms. The summed E-state index contributed by atoms with van der Waals surface area (Å²) in [7, 11) is 0. The molecule has 1 saturated carbocycles. The molecule has 0 aromatic heterocycles. The second-order valence-corrected chi connectivity index (χ2v) is 5.90. The Morgan fingerprint density at radius 2 is 2.00 bits per heavy atom. The molecule has 0 aliphatic heterocycles. The maximum Gasteiger partial charge on any atom is 0.340 e. The first kappa shape index (κ1) is 15.8. The van der Waals surface area contributed by atoms with Crippen LogP contribution in [0.4, 0.5) is 0 Å². The van der Waals surface area contributed by atoms with Gasteiger partial charge in [0, 0.05) is 6.04 Å². The molecule has 1 fully saturated rings. The van der Waals surface area contributed by atoms with Crippen LogP contribution in [0.15, 0.2) is 24.3 Å². The highest BCUT2D eigenvalue weighted by atomic mass is 35.5. The van der Waals surface area contributed by atoms with Crippen LogP contribution in [0, 0.1) is 5.92 Å². The molecule has 4 nitrogen and oxygen atoms in total. The average Bonchev–Trinajstić information content (AvgIpc) is 2.48. The largest absolute Gasteiger partial charge is 0.452 e. The fraction of sp³-hybridized carbons (Fsp3) is 0.500. The van der Waals surface area contributed by atoms with E-state index in [0.29, 0.717) is 10.9 Å². The van der Waals surface area contributed by atoms with Crippen molar-refractivity contribution >= 4 is 23.5 Å². The van der Waals surface area contributed by atoms with Gasteiger partial charge < -0.3 is 10.1 Å². The zero-order valence-electron chi connectivity index (χ0n) is 12.1. The Morgan fingerprint density at radius 1 is 1.29 bits per heavy atom. The van der Waals surface area contributed by atoms with Crippen molar-refractivity contribution in [3.05, 3.63) is 34.9 Å². The topological polar surface area (TPSA) is 55.4 Å². The Labute approximate surface area is 129 Å². The number of rotatable bonds is 4. The van der Waals surface area contributed by atoms with Crippen molar-refractivity contribution in [1.82, 2.24) is 5.32 Å². The van der Waals surface area contributed by atoms with Crippen molar-refractivity contribution in [3.8, 4) is 0 Å². The SMILES string of the molecule is CC1CCCCC1NC(=O)COC(=O)c1ccccc1Cl. The summed E-state index contributed by atoms with van der Waals surface area (Å²) >= 11 is 5.91. The number of esters is 1. The highest BCUT2D eigenvalue weighted by Gasteiger charge is 2.23. The molecule has 5 heteroatoms. The van der Waals surface area contributed by atoms with Gasteiger partial charge in [-0.3, -0.25) is 4.79 Å². The first-order valence-corrected chi connectivity index (χ1v) is 7.66. The molecule has 2 atom stereocenters. The van der Waals surface area contributed by atoms with Crippen molar-refractivity contribution < 1.29 is 14.3 Å². The third-order valence-corrected chi connectivity index (χ3v) is 4.22. The lowest BCUT2D eigenvalue weighted by Crippen LogP contribution is -2.42. The molecule has 0 radical (unpaired) electrons. The fourth-order valence-corrected chi connectivity index (χ4v) is 2.83. The lowest BCUT2D eigenvalue weighted by molar-refractivity contribution is -0.125. The molecule has 0 heterocycles. The molecule has 1 aliphatic carbocycles. The molecule has 0 bridgehead atoms. The van der Waals surface area contributed by atoms with Crippen LogP contribution in [-0.2, 0) is 9.53 Å². The highest BCUT2D eigenvalue weighted by molar-refractivity contribution is 6.33. The summed E-state index contributed by atoms with van der Waals surface area (Å²) < 4.78 is 5.01. The van der Waals surface area contributed by atoms with Gasteiger partial charge in [-0.25, -0.2) is 4.79 Å². The quantitative estimate of drug-likeness (QED) is 0.869. The smallest absolute Gasteiger partial charge is 0.340 e. The van der Waals surface area contributed by atoms with Gasteiger partial charge in [-0.2, -0.15) is 0 Å². The number of carbonyl (C=O) groups excluding carboxylic acids is 2. The number of amides is 1. The van der Waals surface area contributed by atoms with Crippen LogP contribution >= 0.6 is 11.6 Å². The molecular formula is C16H20ClNO3. The molecule has 21 heavy (non-hydrogen) atoms. The maximum absolute atomic E-state index is 11.9. The van der Waals surface area contributed by atoms with E-state index < -0.39 is 5.97 Å². The summed E-state index contributed by atoms with van der Waals surface area (Å²) in [6.45, 7) is 1.87. The molecule has 1 amide bonds. The van der Waals surface area contributed by atoms with E-state index >= 15 is 0 Å². The van der Waals surface area contributed by atoms with Crippen molar-refractivity contribution in [3.63, 3.8) is 0 Å². The number of ether oxygens (including phenoxy) is 1. The van der Waals surface area contributed by atoms with Crippen LogP contribution in [0.5, 0.6) is 0 Å². The number of hydrogen-bond donors (Lipinski definition) is 1. The Kier molecular flexibility index (Phi) is 5.62. The predicted molar refractivity (Wildman–Crippen MR) is 81.3 cm³/mol. The Balaban J connectivity index is 1.81. The van der Waals surface area contributed by atoms with Crippen LogP contribution in [-0.4, -0.2) is 24.5 Å². The van der Waals surface area contributed by atoms with Gasteiger partial charge in [-0.1, -0.05) is 43.5 Å². The molecule has 2 rings (SSSR count). The Morgan fingerprint density at radius 3 is 2.71 bits per heavy atom. The van der Waals surface area contributed by atoms with Gasteiger partial charge in [0.1, 0.15) is 0 Å². The van der Waals surface area contributed by atoms with E-state index in [9.17, 15) is 9.59 Å². The number of carbonyl (C=O) groups is 2. The summed E-state index contributed by atoms with van der Waals surface area (Å²) in [5.41, 5.74) is 0.276. The second-order valence-electron chi connectivity index (χ2n) is 5.49. The van der Waals surface area contributed by atoms with Gasteiger partial charge in [0.25, 0.3) is 5.91 Å². The van der Waals surface area contributed by atoms with Crippen molar-refractivity contribution in [2.24, 2.45) is 5.92 Å². The molecule has 1 aromatic rings. The van der Waals surface area contributed by atoms with E-state index in [1.54, 1.807) is 24.3 Å². The van der Waals surface area contributed by atoms with Crippen molar-refractivity contribution in [2.45, 2.75) is 38.6 Å². The minimum Gasteiger partial charge on any atom is -0.452 e. The highest BCUT2D eigenvalue weighted by Crippen LogP contribution is 2.23. The average molecular weight is 310 g/mol. The summed E-state index contributed by atoms with van der Waals surface area (Å²) in [4.78, 5) is 23.7. The minimum absolute atomic E-state index is 0.185. The van der Waals surface area contributed by atoms with E-state index in [1.165, 1.54) is 6.42 Å². The van der Waals surface area contributed by atoms with E-state index in [-0.39, 0.29) is 24.1 Å². The van der Waals surface area contributed by atoms with E-state index in [1.807, 2.05) is 0 Å². The fourth-order valence-electron chi connectivity index (χ4n) is 2.61. The van der Waals surface area contributed by atoms with Crippen LogP contribution in [0.1, 0.15) is 43.0 Å². The molecular weight excluding hydrogens is 290 g/mol. The third kappa shape index (κ3) is 4.46. The zero-order valence-corrected chi connectivity index (χ0v) is 12.9. The summed E-state index contributed by atoms with van der Waals surface area (Å²) in [5, 5.41) is 3.26. The van der Waals surface area contributed by atoms with E-state index in [4.69, 9.17) is 16.3 Å².